The van der Waals surface area contributed by atoms with E-state index in [1.807, 2.05) is 31.2 Å². The zero-order valence-corrected chi connectivity index (χ0v) is 11.7. The number of hydrogen-bond donors (Lipinski definition) is 2. The van der Waals surface area contributed by atoms with Gasteiger partial charge in [0.05, 0.1) is 11.3 Å². The number of aryl methyl sites for hydroxylation is 1. The van der Waals surface area contributed by atoms with Crippen molar-refractivity contribution < 1.29 is 18.7 Å². The second-order valence-electron chi connectivity index (χ2n) is 4.56. The molecule has 0 heterocycles. The van der Waals surface area contributed by atoms with Gasteiger partial charge in [-0.25, -0.2) is 9.00 Å². The van der Waals surface area contributed by atoms with Gasteiger partial charge in [-0.1, -0.05) is 35.9 Å². The third-order valence-electron chi connectivity index (χ3n) is 2.91. The van der Waals surface area contributed by atoms with Crippen molar-refractivity contribution in [2.45, 2.75) is 12.7 Å². The van der Waals surface area contributed by atoms with Gasteiger partial charge in [0.1, 0.15) is 0 Å². The number of hydrogen-bond acceptors (Lipinski definition) is 2. The zero-order valence-electron chi connectivity index (χ0n) is 10.9. The molecule has 20 heavy (non-hydrogen) atoms. The molecule has 0 radical (unpaired) electrons. The van der Waals surface area contributed by atoms with E-state index in [1.54, 1.807) is 12.1 Å². The standard InChI is InChI=1S/C15H14O4S/c1-10-2-4-12(5-3-10)13-6-11(9-20(18)19)7-14(8-13)15(16)17/h2-8H,9H2,1H3,(H,16,17)(H,18,19). The van der Waals surface area contributed by atoms with E-state index in [1.165, 1.54) is 6.07 Å². The van der Waals surface area contributed by atoms with E-state index in [9.17, 15) is 9.00 Å². The van der Waals surface area contributed by atoms with Crippen molar-refractivity contribution in [3.8, 4) is 11.1 Å². The highest BCUT2D eigenvalue weighted by Gasteiger charge is 2.10. The number of aromatic carboxylic acids is 1. The summed E-state index contributed by atoms with van der Waals surface area (Å²) in [5.74, 6) is -1.14. The van der Waals surface area contributed by atoms with Crippen molar-refractivity contribution in [1.29, 1.82) is 0 Å². The highest BCUT2D eigenvalue weighted by atomic mass is 32.2. The Balaban J connectivity index is 2.51. The molecule has 2 aromatic rings. The first-order valence-corrected chi connectivity index (χ1v) is 7.25. The molecule has 0 saturated heterocycles. The Kier molecular flexibility index (Phi) is 4.32. The van der Waals surface area contributed by atoms with E-state index >= 15 is 0 Å². The largest absolute Gasteiger partial charge is 0.478 e. The molecule has 0 aromatic heterocycles. The van der Waals surface area contributed by atoms with E-state index in [0.717, 1.165) is 16.7 Å². The highest BCUT2D eigenvalue weighted by molar-refractivity contribution is 7.78. The van der Waals surface area contributed by atoms with Crippen LogP contribution in [0.4, 0.5) is 0 Å². The first-order chi connectivity index (χ1) is 9.45. The predicted octanol–water partition coefficient (Wildman–Crippen LogP) is 3.08. The quantitative estimate of drug-likeness (QED) is 0.849. The van der Waals surface area contributed by atoms with Crippen molar-refractivity contribution in [3.63, 3.8) is 0 Å². The van der Waals surface area contributed by atoms with Crippen LogP contribution in [0.15, 0.2) is 42.5 Å². The van der Waals surface area contributed by atoms with Gasteiger partial charge >= 0.3 is 5.97 Å². The van der Waals surface area contributed by atoms with Crippen LogP contribution in [0, 0.1) is 6.92 Å². The smallest absolute Gasteiger partial charge is 0.335 e. The van der Waals surface area contributed by atoms with E-state index in [0.29, 0.717) is 5.56 Å². The van der Waals surface area contributed by atoms with Crippen LogP contribution in [-0.2, 0) is 16.8 Å². The second-order valence-corrected chi connectivity index (χ2v) is 5.49. The molecule has 0 bridgehead atoms. The van der Waals surface area contributed by atoms with Gasteiger partial charge in [0.15, 0.2) is 11.1 Å². The Bertz CT molecular complexity index is 662. The maximum Gasteiger partial charge on any atom is 0.335 e. The Morgan fingerprint density at radius 3 is 2.30 bits per heavy atom. The Morgan fingerprint density at radius 1 is 1.10 bits per heavy atom. The molecule has 2 N–H and O–H groups in total. The van der Waals surface area contributed by atoms with Crippen molar-refractivity contribution in [1.82, 2.24) is 0 Å². The van der Waals surface area contributed by atoms with Gasteiger partial charge < -0.3 is 9.66 Å². The fourth-order valence-corrected chi connectivity index (χ4v) is 2.41. The summed E-state index contributed by atoms with van der Waals surface area (Å²) in [5, 5.41) is 9.12. The van der Waals surface area contributed by atoms with E-state index in [2.05, 4.69) is 0 Å². The van der Waals surface area contributed by atoms with Crippen LogP contribution in [0.2, 0.25) is 0 Å². The van der Waals surface area contributed by atoms with E-state index < -0.39 is 17.0 Å². The fourth-order valence-electron chi connectivity index (χ4n) is 1.95. The maximum absolute atomic E-state index is 11.1. The number of carboxylic acid groups (broad SMARTS) is 1. The topological polar surface area (TPSA) is 74.6 Å². The average molecular weight is 290 g/mol. The molecule has 2 rings (SSSR count). The lowest BCUT2D eigenvalue weighted by Crippen LogP contribution is -2.01. The Morgan fingerprint density at radius 2 is 1.75 bits per heavy atom. The van der Waals surface area contributed by atoms with Gasteiger partial charge in [0.25, 0.3) is 0 Å². The monoisotopic (exact) mass is 290 g/mol. The minimum atomic E-state index is -2.00. The molecule has 0 amide bonds. The Labute approximate surface area is 119 Å². The van der Waals surface area contributed by atoms with Gasteiger partial charge in [0.2, 0.25) is 0 Å². The number of rotatable bonds is 4. The lowest BCUT2D eigenvalue weighted by Gasteiger charge is -2.07. The van der Waals surface area contributed by atoms with Crippen LogP contribution in [0.1, 0.15) is 21.5 Å². The molecule has 1 atom stereocenters. The van der Waals surface area contributed by atoms with Gasteiger partial charge in [0, 0.05) is 0 Å². The molecule has 5 heteroatoms. The lowest BCUT2D eigenvalue weighted by molar-refractivity contribution is 0.0697. The van der Waals surface area contributed by atoms with Gasteiger partial charge in [-0.15, -0.1) is 0 Å². The molecule has 0 saturated carbocycles. The SMILES string of the molecule is Cc1ccc(-c2cc(CS(=O)O)cc(C(=O)O)c2)cc1. The maximum atomic E-state index is 11.1. The predicted molar refractivity (Wildman–Crippen MR) is 78.0 cm³/mol. The molecule has 0 fully saturated rings. The summed E-state index contributed by atoms with van der Waals surface area (Å²) in [6.07, 6.45) is 0. The molecule has 0 aliphatic carbocycles. The van der Waals surface area contributed by atoms with Crippen molar-refractivity contribution in [3.05, 3.63) is 59.2 Å². The molecule has 104 valence electrons. The minimum absolute atomic E-state index is 0.0834. The minimum Gasteiger partial charge on any atom is -0.478 e. The normalized spacial score (nSPS) is 12.1. The molecule has 2 aromatic carbocycles. The molecule has 0 spiro atoms. The molecule has 4 nitrogen and oxygen atoms in total. The van der Waals surface area contributed by atoms with Crippen LogP contribution in [-0.4, -0.2) is 19.8 Å². The molecular weight excluding hydrogens is 276 g/mol. The van der Waals surface area contributed by atoms with Crippen LogP contribution in [0.5, 0.6) is 0 Å². The summed E-state index contributed by atoms with van der Waals surface area (Å²) in [6.45, 7) is 1.97. The van der Waals surface area contributed by atoms with Gasteiger partial charge in [-0.2, -0.15) is 0 Å². The van der Waals surface area contributed by atoms with Crippen molar-refractivity contribution in [2.24, 2.45) is 0 Å². The molecule has 0 aliphatic heterocycles. The number of benzene rings is 2. The molecule has 0 aliphatic rings. The number of carbonyl (C=O) groups is 1. The van der Waals surface area contributed by atoms with Gasteiger partial charge in [-0.05, 0) is 35.7 Å². The second kappa shape index (κ2) is 5.98. The first kappa shape index (κ1) is 14.4. The van der Waals surface area contributed by atoms with Crippen LogP contribution >= 0.6 is 0 Å². The summed E-state index contributed by atoms with van der Waals surface area (Å²) in [7, 11) is 0. The number of carboxylic acids is 1. The van der Waals surface area contributed by atoms with Gasteiger partial charge in [-0.3, -0.25) is 0 Å². The van der Waals surface area contributed by atoms with Crippen molar-refractivity contribution in [2.75, 3.05) is 0 Å². The van der Waals surface area contributed by atoms with E-state index in [4.69, 9.17) is 9.66 Å². The third kappa shape index (κ3) is 3.53. The zero-order chi connectivity index (χ0) is 14.7. The summed E-state index contributed by atoms with van der Waals surface area (Å²) in [4.78, 5) is 11.1. The van der Waals surface area contributed by atoms with Crippen LogP contribution < -0.4 is 0 Å². The summed E-state index contributed by atoms with van der Waals surface area (Å²) in [5.41, 5.74) is 3.36. The molecule has 1 unspecified atom stereocenters. The first-order valence-electron chi connectivity index (χ1n) is 5.97. The summed E-state index contributed by atoms with van der Waals surface area (Å²) >= 11 is -2.00. The van der Waals surface area contributed by atoms with Crippen molar-refractivity contribution >= 4 is 17.0 Å². The fraction of sp³-hybridized carbons (Fsp3) is 0.133. The average Bonchev–Trinajstić information content (AvgIpc) is 2.38. The highest BCUT2D eigenvalue weighted by Crippen LogP contribution is 2.23. The van der Waals surface area contributed by atoms with Crippen LogP contribution in [0.25, 0.3) is 11.1 Å². The van der Waals surface area contributed by atoms with E-state index in [-0.39, 0.29) is 11.3 Å². The summed E-state index contributed by atoms with van der Waals surface area (Å²) in [6, 6.07) is 12.4. The van der Waals surface area contributed by atoms with Crippen LogP contribution in [0.3, 0.4) is 0 Å². The lowest BCUT2D eigenvalue weighted by atomic mass is 9.99. The third-order valence-corrected chi connectivity index (χ3v) is 3.50. The molecular formula is C15H14O4S. The summed E-state index contributed by atoms with van der Waals surface area (Å²) < 4.78 is 19.9. The Hall–Kier alpha value is -1.98.